The summed E-state index contributed by atoms with van der Waals surface area (Å²) in [6.07, 6.45) is -0.370. The van der Waals surface area contributed by atoms with E-state index in [4.69, 9.17) is 12.6 Å². The number of amides is 2. The number of nitrogens with one attached hydrogen (secondary N) is 1. The average Bonchev–Trinajstić information content (AvgIpc) is 3.03. The van der Waals surface area contributed by atoms with Gasteiger partial charge in [-0.15, -0.1) is 0 Å². The highest BCUT2D eigenvalue weighted by Crippen LogP contribution is 2.37. The number of carbonyl (C=O) groups is 3. The summed E-state index contributed by atoms with van der Waals surface area (Å²) in [5.41, 5.74) is -1.33. The smallest absolute Gasteiger partial charge is 0.326 e. The lowest BCUT2D eigenvalue weighted by Crippen LogP contribution is -2.56. The molecule has 0 aliphatic carbocycles. The van der Waals surface area contributed by atoms with Crippen LogP contribution in [0.3, 0.4) is 0 Å². The van der Waals surface area contributed by atoms with Gasteiger partial charge in [-0.1, -0.05) is 6.92 Å². The first-order chi connectivity index (χ1) is 13.9. The minimum Gasteiger partial charge on any atom is -0.480 e. The van der Waals surface area contributed by atoms with Crippen LogP contribution in [0, 0.1) is 11.8 Å². The van der Waals surface area contributed by atoms with Gasteiger partial charge in [-0.3, -0.25) is 9.59 Å². The third kappa shape index (κ3) is 5.58. The Kier molecular flexibility index (Phi) is 7.65. The van der Waals surface area contributed by atoms with Gasteiger partial charge >= 0.3 is 5.97 Å². The van der Waals surface area contributed by atoms with Crippen LogP contribution in [0.1, 0.15) is 47.0 Å². The number of carbonyl (C=O) groups excluding carboxylic acids is 2. The molecule has 2 saturated heterocycles. The predicted molar refractivity (Wildman–Crippen MR) is 108 cm³/mol. The second-order valence-corrected chi connectivity index (χ2v) is 8.92. The number of aliphatic carboxylic acids is 1. The molecule has 2 aliphatic rings. The van der Waals surface area contributed by atoms with E-state index >= 15 is 0 Å². The number of aliphatic hydroxyl groups excluding tert-OH is 2. The largest absolute Gasteiger partial charge is 0.480 e. The zero-order valence-electron chi connectivity index (χ0n) is 17.7. The summed E-state index contributed by atoms with van der Waals surface area (Å²) >= 11 is 0. The molecule has 2 radical (unpaired) electrons. The van der Waals surface area contributed by atoms with Crippen molar-refractivity contribution in [3.8, 4) is 0 Å². The molecule has 4 N–H and O–H groups in total. The number of aliphatic hydroxyl groups is 2. The molecular weight excluding hydrogens is 393 g/mol. The molecule has 2 aliphatic heterocycles. The number of hydrogen-bond donors (Lipinski definition) is 4. The van der Waals surface area contributed by atoms with Gasteiger partial charge in [0.15, 0.2) is 0 Å². The first kappa shape index (κ1) is 24.3. The van der Waals surface area contributed by atoms with E-state index in [1.807, 2.05) is 6.92 Å². The number of hydrogen-bond acceptors (Lipinski definition) is 7. The van der Waals surface area contributed by atoms with Crippen molar-refractivity contribution >= 4 is 31.2 Å². The molecule has 2 fully saturated rings. The fourth-order valence-electron chi connectivity index (χ4n) is 4.18. The molecule has 2 rings (SSSR count). The van der Waals surface area contributed by atoms with E-state index in [0.29, 0.717) is 19.3 Å². The van der Waals surface area contributed by atoms with Crippen LogP contribution in [0.5, 0.6) is 0 Å². The summed E-state index contributed by atoms with van der Waals surface area (Å²) in [7, 11) is 5.65. The van der Waals surface area contributed by atoms with E-state index in [-0.39, 0.29) is 18.6 Å². The normalized spacial score (nSPS) is 31.1. The fourth-order valence-corrected chi connectivity index (χ4v) is 4.18. The lowest BCUT2D eigenvalue weighted by atomic mass is 9.87. The van der Waals surface area contributed by atoms with Crippen molar-refractivity contribution in [2.75, 3.05) is 6.61 Å². The topological polar surface area (TPSA) is 149 Å². The minimum absolute atomic E-state index is 0.0506. The van der Waals surface area contributed by atoms with E-state index in [9.17, 15) is 29.7 Å². The lowest BCUT2D eigenvalue weighted by molar-refractivity contribution is -0.159. The number of rotatable bonds is 6. The molecule has 10 nitrogen and oxygen atoms in total. The molecule has 0 bridgehead atoms. The molecule has 11 heteroatoms. The number of ether oxygens (including phenoxy) is 1. The minimum atomic E-state index is -1.67. The Labute approximate surface area is 177 Å². The van der Waals surface area contributed by atoms with E-state index < -0.39 is 53.4 Å². The van der Waals surface area contributed by atoms with Crippen LogP contribution in [-0.2, 0) is 19.1 Å². The van der Waals surface area contributed by atoms with Crippen molar-refractivity contribution in [2.24, 2.45) is 16.8 Å². The van der Waals surface area contributed by atoms with Crippen LogP contribution in [0.4, 0.5) is 0 Å². The van der Waals surface area contributed by atoms with Gasteiger partial charge in [0, 0.05) is 18.6 Å². The summed E-state index contributed by atoms with van der Waals surface area (Å²) in [4.78, 5) is 42.3. The highest BCUT2D eigenvalue weighted by molar-refractivity contribution is 6.78. The average molecular weight is 423 g/mol. The van der Waals surface area contributed by atoms with Gasteiger partial charge in [0.05, 0.1) is 11.2 Å². The van der Waals surface area contributed by atoms with Crippen LogP contribution in [0.25, 0.3) is 0 Å². The number of aliphatic imine (C=N–C) groups is 1. The van der Waals surface area contributed by atoms with Gasteiger partial charge in [0.25, 0.3) is 12.3 Å². The standard InChI is InChI=1S/C19H30BN3O7/c1-9-7-10(8-24)13(16(26)23-11(9)5-6-12(23)17(27)28)21-15(25)14(20)22-18(29)30-19(2,3)4/h9-13,18,24,29H,5-8H2,1-4H3,(H,21,25)(H,27,28). The Balaban J connectivity index is 2.23. The summed E-state index contributed by atoms with van der Waals surface area (Å²) < 4.78 is 5.17. The molecule has 6 atom stereocenters. The molecule has 0 spiro atoms. The maximum Gasteiger partial charge on any atom is 0.326 e. The summed E-state index contributed by atoms with van der Waals surface area (Å²) in [5, 5.41) is 31.6. The van der Waals surface area contributed by atoms with E-state index in [2.05, 4.69) is 10.3 Å². The van der Waals surface area contributed by atoms with Crippen molar-refractivity contribution in [1.82, 2.24) is 10.2 Å². The van der Waals surface area contributed by atoms with E-state index in [1.165, 1.54) is 4.90 Å². The van der Waals surface area contributed by atoms with Crippen LogP contribution in [0.2, 0.25) is 0 Å². The number of nitrogens with zero attached hydrogens (tertiary/aromatic N) is 2. The lowest BCUT2D eigenvalue weighted by Gasteiger charge is -2.31. The second kappa shape index (κ2) is 9.44. The van der Waals surface area contributed by atoms with Crippen LogP contribution in [-0.4, -0.2) is 88.2 Å². The Bertz CT molecular complexity index is 709. The van der Waals surface area contributed by atoms with Gasteiger partial charge in [0.1, 0.15) is 19.9 Å². The van der Waals surface area contributed by atoms with Gasteiger partial charge in [-0.2, -0.15) is 0 Å². The van der Waals surface area contributed by atoms with Crippen molar-refractivity contribution in [3.05, 3.63) is 0 Å². The molecular formula is C19H30BN3O7. The van der Waals surface area contributed by atoms with Crippen molar-refractivity contribution in [2.45, 2.75) is 77.1 Å². The van der Waals surface area contributed by atoms with Crippen molar-refractivity contribution < 1.29 is 34.4 Å². The highest BCUT2D eigenvalue weighted by Gasteiger charge is 2.49. The Morgan fingerprint density at radius 2 is 2.00 bits per heavy atom. The van der Waals surface area contributed by atoms with Crippen LogP contribution < -0.4 is 5.32 Å². The zero-order valence-corrected chi connectivity index (χ0v) is 17.7. The molecule has 0 aromatic rings. The maximum atomic E-state index is 13.2. The first-order valence-electron chi connectivity index (χ1n) is 10.0. The zero-order chi connectivity index (χ0) is 22.8. The Morgan fingerprint density at radius 1 is 1.37 bits per heavy atom. The molecule has 2 heterocycles. The van der Waals surface area contributed by atoms with Gasteiger partial charge < -0.3 is 30.3 Å². The second-order valence-electron chi connectivity index (χ2n) is 8.92. The maximum absolute atomic E-state index is 13.2. The molecule has 2 amide bonds. The van der Waals surface area contributed by atoms with E-state index in [1.54, 1.807) is 20.8 Å². The fraction of sp³-hybridized carbons (Fsp3) is 0.789. The Hall–Kier alpha value is -1.98. The molecule has 0 aromatic carbocycles. The van der Waals surface area contributed by atoms with E-state index in [0.717, 1.165) is 0 Å². The van der Waals surface area contributed by atoms with Crippen molar-refractivity contribution in [1.29, 1.82) is 0 Å². The third-order valence-electron chi connectivity index (χ3n) is 5.50. The Morgan fingerprint density at radius 3 is 2.53 bits per heavy atom. The summed E-state index contributed by atoms with van der Waals surface area (Å²) in [6.45, 7) is 6.59. The highest BCUT2D eigenvalue weighted by atomic mass is 16.6. The summed E-state index contributed by atoms with van der Waals surface area (Å²) in [6, 6.07) is -2.42. The first-order valence-corrected chi connectivity index (χ1v) is 10.0. The van der Waals surface area contributed by atoms with Gasteiger partial charge in [-0.05, 0) is 46.0 Å². The monoisotopic (exact) mass is 423 g/mol. The third-order valence-corrected chi connectivity index (χ3v) is 5.50. The predicted octanol–water partition coefficient (Wildman–Crippen LogP) is -0.778. The number of carboxylic acids is 1. The summed E-state index contributed by atoms with van der Waals surface area (Å²) in [5.74, 6) is -3.25. The number of fused-ring (bicyclic) bond motifs is 1. The molecule has 0 aromatic heterocycles. The molecule has 0 saturated carbocycles. The number of carboxylic acid groups (broad SMARTS) is 1. The molecule has 166 valence electrons. The van der Waals surface area contributed by atoms with Gasteiger partial charge in [0.2, 0.25) is 5.91 Å². The molecule has 30 heavy (non-hydrogen) atoms. The van der Waals surface area contributed by atoms with Crippen LogP contribution >= 0.6 is 0 Å². The van der Waals surface area contributed by atoms with Crippen LogP contribution in [0.15, 0.2) is 4.99 Å². The van der Waals surface area contributed by atoms with Crippen molar-refractivity contribution in [3.63, 3.8) is 0 Å². The SMILES string of the molecule is [B]C(=NC(O)OC(C)(C)C)C(=O)NC1C(=O)N2C(C(=O)O)CCC2C(C)CC1CO. The van der Waals surface area contributed by atoms with Gasteiger partial charge in [-0.25, -0.2) is 9.79 Å². The molecule has 6 unspecified atom stereocenters. The quantitative estimate of drug-likeness (QED) is 0.249.